The average Bonchev–Trinajstić information content (AvgIpc) is 3.56. The Balaban J connectivity index is 0.977. The molecular formula is C32H32N4O7. The Kier molecular flexibility index (Phi) is 8.19. The van der Waals surface area contributed by atoms with Crippen LogP contribution in [-0.2, 0) is 16.0 Å². The number of carbonyl (C=O) groups excluding carboxylic acids is 3. The van der Waals surface area contributed by atoms with Crippen molar-refractivity contribution in [1.29, 1.82) is 0 Å². The van der Waals surface area contributed by atoms with E-state index in [1.165, 1.54) is 4.90 Å². The summed E-state index contributed by atoms with van der Waals surface area (Å²) in [4.78, 5) is 43.1. The molecule has 1 fully saturated rings. The molecule has 1 unspecified atom stereocenters. The van der Waals surface area contributed by atoms with E-state index >= 15 is 0 Å². The maximum absolute atomic E-state index is 12.8. The molecule has 0 aromatic heterocycles. The second kappa shape index (κ2) is 12.3. The van der Waals surface area contributed by atoms with E-state index in [1.54, 1.807) is 24.3 Å². The SMILES string of the molecule is O=C(NCc1ccc(C(=O)NC2=NC(=O)N([C@H]3CC(O)[C@@H](CO)O3)CC2)cc1)OCC1c2ccccc2-c2ccccc21. The zero-order valence-electron chi connectivity index (χ0n) is 23.3. The van der Waals surface area contributed by atoms with Gasteiger partial charge >= 0.3 is 12.1 Å². The monoisotopic (exact) mass is 584 g/mol. The number of amidine groups is 1. The average molecular weight is 585 g/mol. The number of rotatable bonds is 7. The Morgan fingerprint density at radius 2 is 1.67 bits per heavy atom. The molecule has 0 bridgehead atoms. The number of benzene rings is 3. The number of urea groups is 1. The Morgan fingerprint density at radius 3 is 2.30 bits per heavy atom. The number of alkyl carbamates (subject to hydrolysis) is 1. The predicted molar refractivity (Wildman–Crippen MR) is 156 cm³/mol. The van der Waals surface area contributed by atoms with E-state index < -0.39 is 36.5 Å². The van der Waals surface area contributed by atoms with E-state index in [9.17, 15) is 24.6 Å². The van der Waals surface area contributed by atoms with Gasteiger partial charge in [-0.1, -0.05) is 60.7 Å². The van der Waals surface area contributed by atoms with Crippen molar-refractivity contribution in [3.63, 3.8) is 0 Å². The zero-order chi connectivity index (χ0) is 29.9. The minimum Gasteiger partial charge on any atom is -0.449 e. The minimum absolute atomic E-state index is 0.0226. The second-order valence-electron chi connectivity index (χ2n) is 10.7. The summed E-state index contributed by atoms with van der Waals surface area (Å²) < 4.78 is 11.1. The summed E-state index contributed by atoms with van der Waals surface area (Å²) in [5.74, 6) is -0.195. The molecule has 43 heavy (non-hydrogen) atoms. The number of amides is 4. The highest BCUT2D eigenvalue weighted by atomic mass is 16.6. The molecule has 1 aliphatic carbocycles. The lowest BCUT2D eigenvalue weighted by atomic mass is 9.98. The fourth-order valence-corrected chi connectivity index (χ4v) is 5.79. The normalized spacial score (nSPS) is 21.2. The van der Waals surface area contributed by atoms with Gasteiger partial charge in [0.15, 0.2) is 0 Å². The summed E-state index contributed by atoms with van der Waals surface area (Å²) in [5, 5.41) is 24.6. The van der Waals surface area contributed by atoms with Gasteiger partial charge in [0.1, 0.15) is 24.8 Å². The number of nitrogens with zero attached hydrogens (tertiary/aromatic N) is 2. The summed E-state index contributed by atoms with van der Waals surface area (Å²) >= 11 is 0. The van der Waals surface area contributed by atoms with E-state index in [4.69, 9.17) is 9.47 Å². The largest absolute Gasteiger partial charge is 0.449 e. The molecule has 6 rings (SSSR count). The maximum atomic E-state index is 12.8. The van der Waals surface area contributed by atoms with Crippen LogP contribution in [0.4, 0.5) is 9.59 Å². The van der Waals surface area contributed by atoms with Gasteiger partial charge in [-0.15, -0.1) is 0 Å². The first-order valence-corrected chi connectivity index (χ1v) is 14.2. The number of hydrogen-bond acceptors (Lipinski definition) is 7. The van der Waals surface area contributed by atoms with Crippen molar-refractivity contribution in [2.24, 2.45) is 4.99 Å². The molecular weight excluding hydrogens is 552 g/mol. The van der Waals surface area contributed by atoms with Crippen LogP contribution in [0.3, 0.4) is 0 Å². The Morgan fingerprint density at radius 1 is 1.00 bits per heavy atom. The molecule has 3 aromatic rings. The van der Waals surface area contributed by atoms with Gasteiger partial charge in [-0.25, -0.2) is 9.59 Å². The highest BCUT2D eigenvalue weighted by molar-refractivity contribution is 6.09. The van der Waals surface area contributed by atoms with Crippen molar-refractivity contribution in [1.82, 2.24) is 15.5 Å². The molecule has 4 amide bonds. The maximum Gasteiger partial charge on any atom is 0.407 e. The molecule has 4 N–H and O–H groups in total. The standard InChI is InChI=1S/C32H32N4O7/c37-17-27-26(38)15-29(43-27)36-14-13-28(35-31(36)40)34-30(39)20-11-9-19(10-12-20)16-33-32(41)42-18-25-23-7-3-1-5-21(23)22-6-2-4-8-24(22)25/h1-12,25-27,29,37-38H,13-18H2,(H,33,41)(H,34,35,39,40)/t26?,27-,29-/m1/s1. The molecule has 3 atom stereocenters. The molecule has 0 saturated carbocycles. The van der Waals surface area contributed by atoms with Gasteiger partial charge in [-0.2, -0.15) is 4.99 Å². The number of carbonyl (C=O) groups is 3. The van der Waals surface area contributed by atoms with Gasteiger partial charge in [0.25, 0.3) is 5.91 Å². The van der Waals surface area contributed by atoms with Crippen molar-refractivity contribution in [2.45, 2.75) is 43.7 Å². The number of aliphatic imine (C=N–C) groups is 1. The first-order valence-electron chi connectivity index (χ1n) is 14.2. The Bertz CT molecular complexity index is 1510. The second-order valence-corrected chi connectivity index (χ2v) is 10.7. The number of hydrogen-bond donors (Lipinski definition) is 4. The van der Waals surface area contributed by atoms with Crippen molar-refractivity contribution in [3.8, 4) is 11.1 Å². The first kappa shape index (κ1) is 28.5. The van der Waals surface area contributed by atoms with Crippen LogP contribution in [0.25, 0.3) is 11.1 Å². The lowest BCUT2D eigenvalue weighted by Gasteiger charge is -2.30. The van der Waals surface area contributed by atoms with Gasteiger partial charge < -0.3 is 30.3 Å². The third kappa shape index (κ3) is 6.00. The van der Waals surface area contributed by atoms with Crippen LogP contribution >= 0.6 is 0 Å². The van der Waals surface area contributed by atoms with Gasteiger partial charge in [0, 0.05) is 37.4 Å². The number of aliphatic hydroxyl groups is 2. The van der Waals surface area contributed by atoms with Crippen LogP contribution in [0.2, 0.25) is 0 Å². The summed E-state index contributed by atoms with van der Waals surface area (Å²) in [6.45, 7) is 0.370. The molecule has 11 nitrogen and oxygen atoms in total. The van der Waals surface area contributed by atoms with Crippen molar-refractivity contribution >= 4 is 23.9 Å². The van der Waals surface area contributed by atoms with Crippen molar-refractivity contribution in [2.75, 3.05) is 19.8 Å². The fourth-order valence-electron chi connectivity index (χ4n) is 5.79. The van der Waals surface area contributed by atoms with Crippen LogP contribution in [0.15, 0.2) is 77.8 Å². The van der Waals surface area contributed by atoms with Crippen LogP contribution in [0, 0.1) is 0 Å². The number of nitrogens with one attached hydrogen (secondary N) is 2. The third-order valence-corrected chi connectivity index (χ3v) is 8.05. The molecule has 3 aromatic carbocycles. The summed E-state index contributed by atoms with van der Waals surface area (Å²) in [7, 11) is 0. The van der Waals surface area contributed by atoms with E-state index in [0.717, 1.165) is 27.8 Å². The van der Waals surface area contributed by atoms with E-state index in [0.29, 0.717) is 12.0 Å². The van der Waals surface area contributed by atoms with Crippen molar-refractivity contribution < 1.29 is 34.1 Å². The summed E-state index contributed by atoms with van der Waals surface area (Å²) in [6, 6.07) is 22.4. The molecule has 0 spiro atoms. The minimum atomic E-state index is -0.857. The first-order chi connectivity index (χ1) is 20.9. The molecule has 222 valence electrons. The number of ether oxygens (including phenoxy) is 2. The topological polar surface area (TPSA) is 150 Å². The van der Waals surface area contributed by atoms with Crippen LogP contribution in [-0.4, -0.2) is 77.2 Å². The molecule has 3 aliphatic rings. The molecule has 2 aliphatic heterocycles. The zero-order valence-corrected chi connectivity index (χ0v) is 23.3. The molecule has 2 heterocycles. The Hall–Kier alpha value is -4.58. The quantitative estimate of drug-likeness (QED) is 0.333. The Labute approximate surface area is 248 Å². The lowest BCUT2D eigenvalue weighted by Crippen LogP contribution is -2.46. The van der Waals surface area contributed by atoms with Crippen LogP contribution < -0.4 is 10.6 Å². The van der Waals surface area contributed by atoms with Crippen LogP contribution in [0.1, 0.15) is 45.8 Å². The van der Waals surface area contributed by atoms with Gasteiger partial charge in [-0.05, 0) is 39.9 Å². The number of fused-ring (bicyclic) bond motifs is 3. The third-order valence-electron chi connectivity index (χ3n) is 8.05. The van der Waals surface area contributed by atoms with Crippen LogP contribution in [0.5, 0.6) is 0 Å². The number of aliphatic hydroxyl groups excluding tert-OH is 2. The molecule has 1 saturated heterocycles. The smallest absolute Gasteiger partial charge is 0.407 e. The van der Waals surface area contributed by atoms with E-state index in [1.807, 2.05) is 24.3 Å². The lowest BCUT2D eigenvalue weighted by molar-refractivity contribution is -0.0632. The molecule has 0 radical (unpaired) electrons. The van der Waals surface area contributed by atoms with Gasteiger partial charge in [0.05, 0.1) is 12.7 Å². The highest BCUT2D eigenvalue weighted by Gasteiger charge is 2.39. The van der Waals surface area contributed by atoms with Gasteiger partial charge in [-0.3, -0.25) is 9.69 Å². The molecule has 11 heteroatoms. The van der Waals surface area contributed by atoms with Gasteiger partial charge in [0.2, 0.25) is 0 Å². The van der Waals surface area contributed by atoms with Crippen molar-refractivity contribution in [3.05, 3.63) is 95.1 Å². The van der Waals surface area contributed by atoms with E-state index in [2.05, 4.69) is 39.9 Å². The summed E-state index contributed by atoms with van der Waals surface area (Å²) in [5.41, 5.74) is 5.77. The van der Waals surface area contributed by atoms with E-state index in [-0.39, 0.29) is 44.5 Å². The fraction of sp³-hybridized carbons (Fsp3) is 0.312. The highest BCUT2D eigenvalue weighted by Crippen LogP contribution is 2.44. The summed E-state index contributed by atoms with van der Waals surface area (Å²) in [6.07, 6.45) is -2.29. The predicted octanol–water partition coefficient (Wildman–Crippen LogP) is 3.15.